The molecule has 0 aliphatic heterocycles. The lowest BCUT2D eigenvalue weighted by atomic mass is 10.0. The van der Waals surface area contributed by atoms with Crippen molar-refractivity contribution in [2.24, 2.45) is 0 Å². The Hall–Kier alpha value is -4.64. The molecule has 0 aliphatic carbocycles. The van der Waals surface area contributed by atoms with Crippen molar-refractivity contribution in [1.29, 1.82) is 5.26 Å². The van der Waals surface area contributed by atoms with Gasteiger partial charge in [-0.15, -0.1) is 0 Å². The fraction of sp³-hybridized carbons (Fsp3) is 0.185. The summed E-state index contributed by atoms with van der Waals surface area (Å²) >= 11 is 0. The van der Waals surface area contributed by atoms with Crippen LogP contribution >= 0.6 is 0 Å². The van der Waals surface area contributed by atoms with Gasteiger partial charge >= 0.3 is 12.1 Å². The van der Waals surface area contributed by atoms with Gasteiger partial charge in [0.25, 0.3) is 0 Å². The van der Waals surface area contributed by atoms with E-state index >= 15 is 0 Å². The maximum Gasteiger partial charge on any atom is 0.408 e. The summed E-state index contributed by atoms with van der Waals surface area (Å²) in [6, 6.07) is 24.4. The van der Waals surface area contributed by atoms with Crippen LogP contribution in [0.25, 0.3) is 0 Å². The Morgan fingerprint density at radius 2 is 1.40 bits per heavy atom. The first-order chi connectivity index (χ1) is 16.9. The zero-order chi connectivity index (χ0) is 25.0. The van der Waals surface area contributed by atoms with Crippen LogP contribution in [0.2, 0.25) is 0 Å². The molecule has 0 unspecified atom stereocenters. The number of nitrogens with one attached hydrogen (secondary N) is 2. The lowest BCUT2D eigenvalue weighted by molar-refractivity contribution is -0.142. The molecule has 0 spiro atoms. The van der Waals surface area contributed by atoms with Crippen molar-refractivity contribution >= 4 is 18.0 Å². The van der Waals surface area contributed by atoms with Gasteiger partial charge in [-0.2, -0.15) is 5.26 Å². The number of hydrogen-bond donors (Lipinski definition) is 3. The number of rotatable bonds is 10. The molecule has 0 radical (unpaired) electrons. The molecule has 3 aromatic rings. The lowest BCUT2D eigenvalue weighted by Gasteiger charge is -2.21. The third-order valence-electron chi connectivity index (χ3n) is 5.21. The van der Waals surface area contributed by atoms with Crippen molar-refractivity contribution in [2.45, 2.75) is 31.5 Å². The SMILES string of the molecule is N#Cc1cccc(C[C@@H](NC(=O)[C@H](Cc2ccccc2)NC(=O)OCc2ccccc2)C(=O)O)c1. The van der Waals surface area contributed by atoms with Crippen LogP contribution in [0, 0.1) is 11.3 Å². The second kappa shape index (κ2) is 12.6. The van der Waals surface area contributed by atoms with E-state index in [-0.39, 0.29) is 19.4 Å². The molecular weight excluding hydrogens is 446 g/mol. The monoisotopic (exact) mass is 471 g/mol. The van der Waals surface area contributed by atoms with Gasteiger partial charge in [0.05, 0.1) is 11.6 Å². The number of carboxylic acid groups (broad SMARTS) is 1. The van der Waals surface area contributed by atoms with Crippen molar-refractivity contribution in [2.75, 3.05) is 0 Å². The maximum atomic E-state index is 13.1. The van der Waals surface area contributed by atoms with Gasteiger partial charge in [0.15, 0.2) is 0 Å². The van der Waals surface area contributed by atoms with Crippen molar-refractivity contribution in [1.82, 2.24) is 10.6 Å². The Morgan fingerprint density at radius 1 is 0.800 bits per heavy atom. The van der Waals surface area contributed by atoms with Gasteiger partial charge < -0.3 is 20.5 Å². The Bertz CT molecular complexity index is 1190. The Balaban J connectivity index is 1.70. The van der Waals surface area contributed by atoms with Crippen LogP contribution in [0.3, 0.4) is 0 Å². The number of nitriles is 1. The van der Waals surface area contributed by atoms with Crippen LogP contribution in [0.15, 0.2) is 84.9 Å². The minimum Gasteiger partial charge on any atom is -0.480 e. The number of carbonyl (C=O) groups excluding carboxylic acids is 2. The van der Waals surface area contributed by atoms with Gasteiger partial charge in [-0.25, -0.2) is 9.59 Å². The fourth-order valence-corrected chi connectivity index (χ4v) is 3.44. The molecule has 8 heteroatoms. The predicted octanol–water partition coefficient (Wildman–Crippen LogP) is 3.21. The number of hydrogen-bond acceptors (Lipinski definition) is 5. The largest absolute Gasteiger partial charge is 0.480 e. The Labute approximate surface area is 203 Å². The molecule has 0 aliphatic rings. The molecule has 0 fully saturated rings. The normalized spacial score (nSPS) is 12.0. The molecule has 3 aromatic carbocycles. The molecule has 0 aromatic heterocycles. The van der Waals surface area contributed by atoms with E-state index in [1.807, 2.05) is 30.3 Å². The number of nitrogens with zero attached hydrogens (tertiary/aromatic N) is 1. The first kappa shape index (κ1) is 25.0. The first-order valence-electron chi connectivity index (χ1n) is 11.0. The highest BCUT2D eigenvalue weighted by Gasteiger charge is 2.27. The average Bonchev–Trinajstić information content (AvgIpc) is 2.88. The summed E-state index contributed by atoms with van der Waals surface area (Å²) in [6.45, 7) is 0.0271. The fourth-order valence-electron chi connectivity index (χ4n) is 3.44. The molecule has 3 N–H and O–H groups in total. The predicted molar refractivity (Wildman–Crippen MR) is 128 cm³/mol. The van der Waals surface area contributed by atoms with Gasteiger partial charge in [0, 0.05) is 12.8 Å². The van der Waals surface area contributed by atoms with Gasteiger partial charge in [-0.05, 0) is 28.8 Å². The highest BCUT2D eigenvalue weighted by atomic mass is 16.5. The molecule has 0 bridgehead atoms. The summed E-state index contributed by atoms with van der Waals surface area (Å²) in [5, 5.41) is 23.8. The Morgan fingerprint density at radius 3 is 2.03 bits per heavy atom. The second-order valence-electron chi connectivity index (χ2n) is 7.86. The van der Waals surface area contributed by atoms with E-state index in [1.54, 1.807) is 60.7 Å². The van der Waals surface area contributed by atoms with Crippen molar-refractivity contribution in [3.8, 4) is 6.07 Å². The topological polar surface area (TPSA) is 129 Å². The minimum atomic E-state index is -1.25. The molecule has 0 heterocycles. The summed E-state index contributed by atoms with van der Waals surface area (Å²) in [5.41, 5.74) is 2.55. The van der Waals surface area contributed by atoms with Gasteiger partial charge in [-0.1, -0.05) is 72.8 Å². The number of aliphatic carboxylic acids is 1. The number of ether oxygens (including phenoxy) is 1. The van der Waals surface area contributed by atoms with Crippen LogP contribution in [-0.4, -0.2) is 35.2 Å². The van der Waals surface area contributed by atoms with E-state index in [0.29, 0.717) is 11.1 Å². The average molecular weight is 472 g/mol. The van der Waals surface area contributed by atoms with Crippen LogP contribution in [0.4, 0.5) is 4.79 Å². The van der Waals surface area contributed by atoms with Crippen LogP contribution in [0.1, 0.15) is 22.3 Å². The van der Waals surface area contributed by atoms with Crippen LogP contribution in [0.5, 0.6) is 0 Å². The summed E-state index contributed by atoms with van der Waals surface area (Å²) in [4.78, 5) is 37.4. The lowest BCUT2D eigenvalue weighted by Crippen LogP contribution is -2.53. The van der Waals surface area contributed by atoms with E-state index in [0.717, 1.165) is 11.1 Å². The van der Waals surface area contributed by atoms with Crippen LogP contribution in [-0.2, 0) is 33.8 Å². The summed E-state index contributed by atoms with van der Waals surface area (Å²) in [7, 11) is 0. The molecule has 0 saturated carbocycles. The van der Waals surface area contributed by atoms with Gasteiger partial charge in [0.2, 0.25) is 5.91 Å². The first-order valence-corrected chi connectivity index (χ1v) is 11.0. The third-order valence-corrected chi connectivity index (χ3v) is 5.21. The maximum absolute atomic E-state index is 13.1. The number of benzene rings is 3. The van der Waals surface area contributed by atoms with E-state index < -0.39 is 30.1 Å². The summed E-state index contributed by atoms with van der Waals surface area (Å²) in [5.74, 6) is -1.89. The number of carbonyl (C=O) groups is 3. The molecule has 35 heavy (non-hydrogen) atoms. The third kappa shape index (κ3) is 8.02. The van der Waals surface area contributed by atoms with E-state index in [1.165, 1.54) is 0 Å². The standard InChI is InChI=1S/C27H25N3O5/c28-17-22-13-7-12-21(14-22)16-24(26(32)33)29-25(31)23(15-19-8-3-1-4-9-19)30-27(34)35-18-20-10-5-2-6-11-20/h1-14,23-24H,15-16,18H2,(H,29,31)(H,30,34)(H,32,33)/t23-,24+/m0/s1. The molecule has 8 nitrogen and oxygen atoms in total. The highest BCUT2D eigenvalue weighted by molar-refractivity contribution is 5.89. The van der Waals surface area contributed by atoms with E-state index in [2.05, 4.69) is 10.6 Å². The molecule has 0 saturated heterocycles. The van der Waals surface area contributed by atoms with Crippen molar-refractivity contribution < 1.29 is 24.2 Å². The zero-order valence-corrected chi connectivity index (χ0v) is 18.9. The van der Waals surface area contributed by atoms with Crippen molar-refractivity contribution in [3.63, 3.8) is 0 Å². The summed E-state index contributed by atoms with van der Waals surface area (Å²) in [6.07, 6.45) is -0.672. The molecule has 3 rings (SSSR count). The van der Waals surface area contributed by atoms with E-state index in [4.69, 9.17) is 10.00 Å². The smallest absolute Gasteiger partial charge is 0.408 e. The quantitative estimate of drug-likeness (QED) is 0.417. The number of amides is 2. The Kier molecular flexibility index (Phi) is 8.97. The molecule has 2 amide bonds. The summed E-state index contributed by atoms with van der Waals surface area (Å²) < 4.78 is 5.24. The number of carboxylic acids is 1. The van der Waals surface area contributed by atoms with E-state index in [9.17, 15) is 19.5 Å². The minimum absolute atomic E-state index is 0.0207. The van der Waals surface area contributed by atoms with Crippen LogP contribution < -0.4 is 10.6 Å². The molecule has 2 atom stereocenters. The molecule has 178 valence electrons. The van der Waals surface area contributed by atoms with Gasteiger partial charge in [-0.3, -0.25) is 4.79 Å². The second-order valence-corrected chi connectivity index (χ2v) is 7.86. The molecular formula is C27H25N3O5. The number of alkyl carbamates (subject to hydrolysis) is 1. The van der Waals surface area contributed by atoms with Crippen molar-refractivity contribution in [3.05, 3.63) is 107 Å². The zero-order valence-electron chi connectivity index (χ0n) is 18.9. The van der Waals surface area contributed by atoms with Gasteiger partial charge in [0.1, 0.15) is 18.7 Å². The highest BCUT2D eigenvalue weighted by Crippen LogP contribution is 2.10.